The Kier molecular flexibility index (Phi) is 5.79. The number of sulfone groups is 1. The van der Waals surface area contributed by atoms with E-state index in [2.05, 4.69) is 0 Å². The standard InChI is InChI=1S/C21H17FO3S2/c1-26(23)20-4-2-3-5-21(20)27(24,25)19-14-10-17(11-15-19)7-6-16-8-12-18(22)13-9-16/h2-15H,1H3. The molecule has 0 aliphatic carbocycles. The summed E-state index contributed by atoms with van der Waals surface area (Å²) < 4.78 is 50.6. The summed E-state index contributed by atoms with van der Waals surface area (Å²) in [5.74, 6) is -0.296. The number of halogens is 1. The van der Waals surface area contributed by atoms with E-state index in [0.29, 0.717) is 0 Å². The lowest BCUT2D eigenvalue weighted by molar-refractivity contribution is 0.585. The fourth-order valence-corrected chi connectivity index (χ4v) is 5.20. The first-order valence-corrected chi connectivity index (χ1v) is 11.1. The maximum absolute atomic E-state index is 12.9. The summed E-state index contributed by atoms with van der Waals surface area (Å²) in [6.45, 7) is 0. The average Bonchev–Trinajstić information content (AvgIpc) is 2.68. The van der Waals surface area contributed by atoms with Crippen molar-refractivity contribution in [1.82, 2.24) is 0 Å². The summed E-state index contributed by atoms with van der Waals surface area (Å²) in [6.07, 6.45) is 5.09. The van der Waals surface area contributed by atoms with Gasteiger partial charge in [0, 0.05) is 0 Å². The molecule has 6 heteroatoms. The molecule has 0 spiro atoms. The maximum Gasteiger partial charge on any atom is 0.211 e. The van der Waals surface area contributed by atoms with Crippen molar-refractivity contribution in [2.24, 2.45) is 0 Å². The van der Waals surface area contributed by atoms with Gasteiger partial charge in [0.05, 0.1) is 4.90 Å². The van der Waals surface area contributed by atoms with Crippen molar-refractivity contribution >= 4 is 33.2 Å². The molecule has 0 aromatic heterocycles. The minimum absolute atomic E-state index is 0.0560. The van der Waals surface area contributed by atoms with Gasteiger partial charge in [-0.3, -0.25) is 0 Å². The topological polar surface area (TPSA) is 57.2 Å². The molecule has 138 valence electrons. The largest absolute Gasteiger partial charge is 0.612 e. The number of hydrogen-bond donors (Lipinski definition) is 0. The average molecular weight is 400 g/mol. The molecular weight excluding hydrogens is 383 g/mol. The van der Waals surface area contributed by atoms with Gasteiger partial charge in [0.15, 0.2) is 4.90 Å². The van der Waals surface area contributed by atoms with Gasteiger partial charge in [-0.2, -0.15) is 0 Å². The van der Waals surface area contributed by atoms with Gasteiger partial charge in [0.2, 0.25) is 9.84 Å². The minimum atomic E-state index is -3.76. The molecule has 3 aromatic carbocycles. The first-order chi connectivity index (χ1) is 12.9. The van der Waals surface area contributed by atoms with Gasteiger partial charge in [-0.05, 0) is 58.7 Å². The molecule has 0 bridgehead atoms. The van der Waals surface area contributed by atoms with Crippen LogP contribution >= 0.6 is 0 Å². The number of benzene rings is 3. The fourth-order valence-electron chi connectivity index (χ4n) is 2.56. The molecule has 0 saturated heterocycles. The van der Waals surface area contributed by atoms with Crippen LogP contribution in [0.2, 0.25) is 0 Å². The van der Waals surface area contributed by atoms with Crippen LogP contribution in [0.4, 0.5) is 4.39 Å². The lowest BCUT2D eigenvalue weighted by Gasteiger charge is -2.11. The lowest BCUT2D eigenvalue weighted by atomic mass is 10.1. The quantitative estimate of drug-likeness (QED) is 0.466. The molecule has 0 aliphatic rings. The molecule has 3 aromatic rings. The van der Waals surface area contributed by atoms with E-state index >= 15 is 0 Å². The molecule has 3 rings (SSSR count). The Hall–Kier alpha value is -2.41. The third-order valence-electron chi connectivity index (χ3n) is 3.98. The highest BCUT2D eigenvalue weighted by Gasteiger charge is 2.25. The summed E-state index contributed by atoms with van der Waals surface area (Å²) in [4.78, 5) is 0.484. The van der Waals surface area contributed by atoms with Crippen LogP contribution in [0.15, 0.2) is 87.5 Å². The smallest absolute Gasteiger partial charge is 0.211 e. The molecule has 0 fully saturated rings. The highest BCUT2D eigenvalue weighted by Crippen LogP contribution is 2.27. The van der Waals surface area contributed by atoms with E-state index in [4.69, 9.17) is 0 Å². The molecule has 27 heavy (non-hydrogen) atoms. The van der Waals surface area contributed by atoms with Crippen LogP contribution in [0.5, 0.6) is 0 Å². The van der Waals surface area contributed by atoms with E-state index < -0.39 is 21.0 Å². The van der Waals surface area contributed by atoms with Crippen LogP contribution in [0, 0.1) is 5.82 Å². The van der Waals surface area contributed by atoms with Gasteiger partial charge in [-0.15, -0.1) is 0 Å². The van der Waals surface area contributed by atoms with Crippen molar-refractivity contribution in [2.45, 2.75) is 14.7 Å². The van der Waals surface area contributed by atoms with Crippen molar-refractivity contribution in [3.8, 4) is 0 Å². The van der Waals surface area contributed by atoms with Crippen LogP contribution < -0.4 is 0 Å². The van der Waals surface area contributed by atoms with Crippen molar-refractivity contribution in [3.63, 3.8) is 0 Å². The zero-order chi connectivity index (χ0) is 19.4. The van der Waals surface area contributed by atoms with E-state index in [1.807, 2.05) is 12.2 Å². The third-order valence-corrected chi connectivity index (χ3v) is 6.91. The van der Waals surface area contributed by atoms with Gasteiger partial charge < -0.3 is 4.55 Å². The Balaban J connectivity index is 1.87. The minimum Gasteiger partial charge on any atom is -0.612 e. The lowest BCUT2D eigenvalue weighted by Crippen LogP contribution is -2.09. The SMILES string of the molecule is C[S+]([O-])c1ccccc1S(=O)(=O)c1ccc(C=Cc2ccc(F)cc2)cc1. The zero-order valence-electron chi connectivity index (χ0n) is 14.5. The normalized spacial score (nSPS) is 13.0. The molecule has 0 amide bonds. The van der Waals surface area contributed by atoms with E-state index in [1.165, 1.54) is 36.6 Å². The Morgan fingerprint density at radius 1 is 0.852 bits per heavy atom. The summed E-state index contributed by atoms with van der Waals surface area (Å²) in [5.41, 5.74) is 1.65. The van der Waals surface area contributed by atoms with Gasteiger partial charge in [0.25, 0.3) is 0 Å². The van der Waals surface area contributed by atoms with Crippen LogP contribution in [0.3, 0.4) is 0 Å². The summed E-state index contributed by atoms with van der Waals surface area (Å²) in [6, 6.07) is 18.8. The van der Waals surface area contributed by atoms with Crippen LogP contribution in [0.25, 0.3) is 12.2 Å². The Labute approximate surface area is 161 Å². The van der Waals surface area contributed by atoms with E-state index in [9.17, 15) is 17.4 Å². The molecule has 0 saturated carbocycles. The molecule has 0 aliphatic heterocycles. The Bertz CT molecular complexity index is 1060. The molecular formula is C21H17FO3S2. The highest BCUT2D eigenvalue weighted by atomic mass is 32.2. The van der Waals surface area contributed by atoms with Gasteiger partial charge in [-0.25, -0.2) is 12.8 Å². The molecule has 3 nitrogen and oxygen atoms in total. The zero-order valence-corrected chi connectivity index (χ0v) is 16.1. The van der Waals surface area contributed by atoms with Gasteiger partial charge >= 0.3 is 0 Å². The van der Waals surface area contributed by atoms with Crippen molar-refractivity contribution < 1.29 is 17.4 Å². The second kappa shape index (κ2) is 8.08. The monoisotopic (exact) mass is 400 g/mol. The molecule has 0 N–H and O–H groups in total. The summed E-state index contributed by atoms with van der Waals surface area (Å²) in [5, 5.41) is 0. The second-order valence-electron chi connectivity index (χ2n) is 5.86. The Morgan fingerprint density at radius 3 is 1.93 bits per heavy atom. The van der Waals surface area contributed by atoms with Crippen LogP contribution in [0.1, 0.15) is 11.1 Å². The first kappa shape index (κ1) is 19.4. The first-order valence-electron chi connectivity index (χ1n) is 8.09. The molecule has 0 heterocycles. The van der Waals surface area contributed by atoms with Crippen molar-refractivity contribution in [1.29, 1.82) is 0 Å². The number of rotatable bonds is 5. The predicted molar refractivity (Wildman–Crippen MR) is 106 cm³/mol. The molecule has 1 atom stereocenters. The highest BCUT2D eigenvalue weighted by molar-refractivity contribution is 7.94. The number of hydrogen-bond acceptors (Lipinski definition) is 3. The van der Waals surface area contributed by atoms with Crippen LogP contribution in [-0.4, -0.2) is 19.2 Å². The van der Waals surface area contributed by atoms with E-state index in [0.717, 1.165) is 11.1 Å². The van der Waals surface area contributed by atoms with E-state index in [1.54, 1.807) is 42.5 Å². The second-order valence-corrected chi connectivity index (χ2v) is 9.12. The van der Waals surface area contributed by atoms with Gasteiger partial charge in [0.1, 0.15) is 17.0 Å². The summed E-state index contributed by atoms with van der Waals surface area (Å²) >= 11 is -1.41. The third kappa shape index (κ3) is 4.47. The van der Waals surface area contributed by atoms with Crippen molar-refractivity contribution in [2.75, 3.05) is 6.26 Å². The Morgan fingerprint density at radius 2 is 1.37 bits per heavy atom. The van der Waals surface area contributed by atoms with Gasteiger partial charge in [-0.1, -0.05) is 48.6 Å². The molecule has 0 radical (unpaired) electrons. The predicted octanol–water partition coefficient (Wildman–Crippen LogP) is 4.57. The summed E-state index contributed by atoms with van der Waals surface area (Å²) in [7, 11) is -3.76. The maximum atomic E-state index is 12.9. The molecule has 1 unspecified atom stereocenters. The van der Waals surface area contributed by atoms with Crippen LogP contribution in [-0.2, 0) is 21.0 Å². The van der Waals surface area contributed by atoms with Crippen molar-refractivity contribution in [3.05, 3.63) is 89.7 Å². The fraction of sp³-hybridized carbons (Fsp3) is 0.0476. The van der Waals surface area contributed by atoms with E-state index in [-0.39, 0.29) is 20.5 Å².